The molecule has 2 unspecified atom stereocenters. The molecule has 6 nitrogen and oxygen atoms in total. The van der Waals surface area contributed by atoms with Crippen LogP contribution in [0.2, 0.25) is 0 Å². The van der Waals surface area contributed by atoms with Crippen molar-refractivity contribution in [1.82, 2.24) is 20.0 Å². The summed E-state index contributed by atoms with van der Waals surface area (Å²) >= 11 is 0. The van der Waals surface area contributed by atoms with Gasteiger partial charge in [-0.1, -0.05) is 12.8 Å². The molecule has 0 radical (unpaired) electrons. The number of hydrogen-bond acceptors (Lipinski definition) is 4. The summed E-state index contributed by atoms with van der Waals surface area (Å²) in [6.07, 6.45) is 10.5. The number of aromatic nitrogens is 2. The van der Waals surface area contributed by atoms with Crippen LogP contribution in [0, 0.1) is 6.92 Å². The summed E-state index contributed by atoms with van der Waals surface area (Å²) in [6, 6.07) is 0.604. The summed E-state index contributed by atoms with van der Waals surface area (Å²) in [5.74, 6) is 0.110. The van der Waals surface area contributed by atoms with Gasteiger partial charge in [0.1, 0.15) is 0 Å². The zero-order valence-corrected chi connectivity index (χ0v) is 14.7. The Hall–Kier alpha value is -1.40. The summed E-state index contributed by atoms with van der Waals surface area (Å²) in [5.41, 5.74) is 1.12. The predicted molar refractivity (Wildman–Crippen MR) is 92.6 cm³/mol. The highest BCUT2D eigenvalue weighted by Crippen LogP contribution is 2.25. The van der Waals surface area contributed by atoms with Gasteiger partial charge in [0.15, 0.2) is 0 Å². The largest absolute Gasteiger partial charge is 0.391 e. The van der Waals surface area contributed by atoms with Crippen LogP contribution in [0.3, 0.4) is 0 Å². The van der Waals surface area contributed by atoms with E-state index in [1.54, 1.807) is 0 Å². The normalized spacial score (nSPS) is 26.4. The van der Waals surface area contributed by atoms with Crippen molar-refractivity contribution >= 4 is 5.91 Å². The molecule has 2 heterocycles. The Kier molecular flexibility index (Phi) is 5.89. The van der Waals surface area contributed by atoms with Crippen LogP contribution in [-0.4, -0.2) is 57.0 Å². The molecule has 1 aliphatic heterocycles. The van der Waals surface area contributed by atoms with E-state index in [-0.39, 0.29) is 18.1 Å². The number of carbonyl (C=O) groups is 1. The molecule has 2 N–H and O–H groups in total. The van der Waals surface area contributed by atoms with Crippen molar-refractivity contribution in [2.75, 3.05) is 13.1 Å². The predicted octanol–water partition coefficient (Wildman–Crippen LogP) is 1.47. The SMILES string of the molecule is Cc1cnn(CCC(=O)NC2CCN(C3CCCCC3O)CC2)c1. The van der Waals surface area contributed by atoms with Crippen LogP contribution in [0.4, 0.5) is 0 Å². The number of piperidine rings is 1. The molecule has 2 fully saturated rings. The van der Waals surface area contributed by atoms with Gasteiger partial charge in [0, 0.05) is 44.3 Å². The minimum atomic E-state index is -0.164. The summed E-state index contributed by atoms with van der Waals surface area (Å²) in [7, 11) is 0. The zero-order chi connectivity index (χ0) is 16.9. The Labute approximate surface area is 144 Å². The van der Waals surface area contributed by atoms with E-state index in [1.165, 1.54) is 6.42 Å². The lowest BCUT2D eigenvalue weighted by Gasteiger charge is -2.41. The third-order valence-electron chi connectivity index (χ3n) is 5.39. The quantitative estimate of drug-likeness (QED) is 0.855. The third-order valence-corrected chi connectivity index (χ3v) is 5.39. The molecule has 0 spiro atoms. The number of aryl methyl sites for hydroxylation is 2. The maximum absolute atomic E-state index is 12.1. The Morgan fingerprint density at radius 2 is 2.04 bits per heavy atom. The van der Waals surface area contributed by atoms with E-state index < -0.39 is 0 Å². The molecule has 1 aliphatic carbocycles. The minimum Gasteiger partial charge on any atom is -0.391 e. The van der Waals surface area contributed by atoms with Crippen LogP contribution in [0.25, 0.3) is 0 Å². The van der Waals surface area contributed by atoms with Gasteiger partial charge in [-0.2, -0.15) is 5.10 Å². The van der Waals surface area contributed by atoms with Crippen molar-refractivity contribution in [1.29, 1.82) is 0 Å². The van der Waals surface area contributed by atoms with Crippen molar-refractivity contribution < 1.29 is 9.90 Å². The molecule has 1 saturated heterocycles. The lowest BCUT2D eigenvalue weighted by molar-refractivity contribution is -0.122. The van der Waals surface area contributed by atoms with Gasteiger partial charge in [-0.05, 0) is 38.2 Å². The van der Waals surface area contributed by atoms with E-state index in [9.17, 15) is 9.90 Å². The van der Waals surface area contributed by atoms with Crippen molar-refractivity contribution in [2.24, 2.45) is 0 Å². The number of aliphatic hydroxyl groups is 1. The molecular weight excluding hydrogens is 304 g/mol. The number of amides is 1. The van der Waals surface area contributed by atoms with Crippen LogP contribution in [0.5, 0.6) is 0 Å². The first-order chi connectivity index (χ1) is 11.6. The Bertz CT molecular complexity index is 537. The molecule has 2 atom stereocenters. The number of rotatable bonds is 5. The van der Waals surface area contributed by atoms with Crippen molar-refractivity contribution in [3.05, 3.63) is 18.0 Å². The maximum atomic E-state index is 12.1. The van der Waals surface area contributed by atoms with Crippen LogP contribution in [0.15, 0.2) is 12.4 Å². The molecule has 1 aromatic heterocycles. The zero-order valence-electron chi connectivity index (χ0n) is 14.7. The highest BCUT2D eigenvalue weighted by Gasteiger charge is 2.31. The van der Waals surface area contributed by atoms with E-state index in [2.05, 4.69) is 15.3 Å². The second-order valence-electron chi connectivity index (χ2n) is 7.33. The third kappa shape index (κ3) is 4.57. The fourth-order valence-corrected chi connectivity index (χ4v) is 4.00. The average molecular weight is 334 g/mol. The van der Waals surface area contributed by atoms with Crippen LogP contribution >= 0.6 is 0 Å². The summed E-state index contributed by atoms with van der Waals surface area (Å²) in [6.45, 7) is 4.59. The molecule has 24 heavy (non-hydrogen) atoms. The molecule has 1 saturated carbocycles. The molecular formula is C18H30N4O2. The molecule has 6 heteroatoms. The van der Waals surface area contributed by atoms with Gasteiger partial charge in [-0.25, -0.2) is 0 Å². The van der Waals surface area contributed by atoms with Gasteiger partial charge >= 0.3 is 0 Å². The van der Waals surface area contributed by atoms with Gasteiger partial charge in [-0.15, -0.1) is 0 Å². The highest BCUT2D eigenvalue weighted by atomic mass is 16.3. The Morgan fingerprint density at radius 1 is 1.29 bits per heavy atom. The number of aliphatic hydroxyl groups excluding tert-OH is 1. The van der Waals surface area contributed by atoms with E-state index >= 15 is 0 Å². The van der Waals surface area contributed by atoms with E-state index in [0.717, 1.165) is 50.8 Å². The fourth-order valence-electron chi connectivity index (χ4n) is 4.00. The van der Waals surface area contributed by atoms with Gasteiger partial charge in [-0.3, -0.25) is 14.4 Å². The second kappa shape index (κ2) is 8.12. The highest BCUT2D eigenvalue weighted by molar-refractivity contribution is 5.76. The van der Waals surface area contributed by atoms with Gasteiger partial charge in [0.05, 0.1) is 12.3 Å². The number of nitrogens with zero attached hydrogens (tertiary/aromatic N) is 3. The Balaban J connectivity index is 1.37. The van der Waals surface area contributed by atoms with E-state index in [4.69, 9.17) is 0 Å². The molecule has 1 amide bonds. The van der Waals surface area contributed by atoms with Crippen molar-refractivity contribution in [2.45, 2.75) is 76.6 Å². The molecule has 0 bridgehead atoms. The number of carbonyl (C=O) groups excluding carboxylic acids is 1. The Morgan fingerprint density at radius 3 is 2.71 bits per heavy atom. The first-order valence-electron chi connectivity index (χ1n) is 9.32. The van der Waals surface area contributed by atoms with Crippen molar-refractivity contribution in [3.63, 3.8) is 0 Å². The summed E-state index contributed by atoms with van der Waals surface area (Å²) < 4.78 is 1.82. The second-order valence-corrected chi connectivity index (χ2v) is 7.33. The fraction of sp³-hybridized carbons (Fsp3) is 0.778. The van der Waals surface area contributed by atoms with Gasteiger partial charge in [0.25, 0.3) is 0 Å². The van der Waals surface area contributed by atoms with Crippen molar-refractivity contribution in [3.8, 4) is 0 Å². The molecule has 0 aromatic carbocycles. The maximum Gasteiger partial charge on any atom is 0.222 e. The first kappa shape index (κ1) is 17.4. The number of hydrogen-bond donors (Lipinski definition) is 2. The smallest absolute Gasteiger partial charge is 0.222 e. The summed E-state index contributed by atoms with van der Waals surface area (Å²) in [5, 5.41) is 17.6. The lowest BCUT2D eigenvalue weighted by atomic mass is 9.89. The summed E-state index contributed by atoms with van der Waals surface area (Å²) in [4.78, 5) is 14.6. The molecule has 1 aromatic rings. The first-order valence-corrected chi connectivity index (χ1v) is 9.32. The van der Waals surface area contributed by atoms with E-state index in [1.807, 2.05) is 24.0 Å². The molecule has 3 rings (SSSR count). The van der Waals surface area contributed by atoms with E-state index in [0.29, 0.717) is 19.0 Å². The molecule has 134 valence electrons. The van der Waals surface area contributed by atoms with Crippen LogP contribution in [-0.2, 0) is 11.3 Å². The molecule has 2 aliphatic rings. The number of nitrogens with one attached hydrogen (secondary N) is 1. The number of likely N-dealkylation sites (tertiary alicyclic amines) is 1. The topological polar surface area (TPSA) is 70.4 Å². The lowest BCUT2D eigenvalue weighted by Crippen LogP contribution is -2.52. The van der Waals surface area contributed by atoms with Crippen LogP contribution < -0.4 is 5.32 Å². The standard InChI is InChI=1S/C18H30N4O2/c1-14-12-19-22(13-14)11-8-18(24)20-15-6-9-21(10-7-15)16-4-2-3-5-17(16)23/h12-13,15-17,23H,2-11H2,1H3,(H,20,24). The average Bonchev–Trinajstić information content (AvgIpc) is 3.00. The van der Waals surface area contributed by atoms with Gasteiger partial charge < -0.3 is 10.4 Å². The minimum absolute atomic E-state index is 0.110. The van der Waals surface area contributed by atoms with Gasteiger partial charge in [0.2, 0.25) is 5.91 Å². The monoisotopic (exact) mass is 334 g/mol. The van der Waals surface area contributed by atoms with Crippen LogP contribution in [0.1, 0.15) is 50.5 Å².